The number of benzene rings is 1. The number of methoxy groups -OCH3 is 1. The first-order valence-corrected chi connectivity index (χ1v) is 7.51. The fraction of sp³-hybridized carbons (Fsp3) is 0.0909. The molecular weight excluding hydrogens is 405 g/mol. The van der Waals surface area contributed by atoms with E-state index in [-0.39, 0.29) is 0 Å². The molecule has 2 aromatic rings. The molecule has 0 bridgehead atoms. The number of nitrogens with zero attached hydrogens (tertiary/aromatic N) is 1. The number of hydrogen-bond donors (Lipinski definition) is 0. The van der Waals surface area contributed by atoms with Gasteiger partial charge in [-0.25, -0.2) is 9.78 Å². The van der Waals surface area contributed by atoms with E-state index in [1.165, 1.54) is 18.4 Å². The van der Waals surface area contributed by atoms with E-state index in [1.807, 2.05) is 12.1 Å². The number of esters is 1. The maximum atomic E-state index is 11.6. The maximum Gasteiger partial charge on any atom is 0.358 e. The summed E-state index contributed by atoms with van der Waals surface area (Å²) >= 11 is 13.9. The van der Waals surface area contributed by atoms with Crippen molar-refractivity contribution in [2.45, 2.75) is 0 Å². The molecule has 0 aliphatic rings. The predicted molar refractivity (Wildman–Crippen MR) is 79.3 cm³/mol. The molecule has 7 heteroatoms. The van der Waals surface area contributed by atoms with E-state index >= 15 is 0 Å². The highest BCUT2D eigenvalue weighted by atomic mass is 79.9. The molecule has 0 saturated heterocycles. The topological polar surface area (TPSA) is 39.2 Å². The van der Waals surface area contributed by atoms with Crippen molar-refractivity contribution in [3.05, 3.63) is 37.3 Å². The van der Waals surface area contributed by atoms with Crippen LogP contribution in [-0.4, -0.2) is 18.1 Å². The number of carbonyl (C=O) groups excluding carboxylic acids is 1. The Morgan fingerprint density at radius 2 is 2.17 bits per heavy atom. The van der Waals surface area contributed by atoms with Gasteiger partial charge in [0.25, 0.3) is 0 Å². The largest absolute Gasteiger partial charge is 0.464 e. The lowest BCUT2D eigenvalue weighted by molar-refractivity contribution is 0.0595. The minimum Gasteiger partial charge on any atom is -0.464 e. The van der Waals surface area contributed by atoms with Crippen LogP contribution in [0.4, 0.5) is 0 Å². The van der Waals surface area contributed by atoms with Crippen LogP contribution in [0.3, 0.4) is 0 Å². The molecule has 0 aliphatic carbocycles. The van der Waals surface area contributed by atoms with E-state index in [0.29, 0.717) is 14.6 Å². The third kappa shape index (κ3) is 2.77. The van der Waals surface area contributed by atoms with Gasteiger partial charge in [-0.05, 0) is 49.6 Å². The summed E-state index contributed by atoms with van der Waals surface area (Å²) in [6.45, 7) is 0. The molecule has 0 atom stereocenters. The summed E-state index contributed by atoms with van der Waals surface area (Å²) in [5, 5.41) is 0.613. The second-order valence-electron chi connectivity index (χ2n) is 3.27. The second-order valence-corrected chi connectivity index (χ2v) is 6.80. The van der Waals surface area contributed by atoms with Crippen molar-refractivity contribution in [3.8, 4) is 10.4 Å². The average Bonchev–Trinajstić information content (AvgIpc) is 2.74. The van der Waals surface area contributed by atoms with Gasteiger partial charge in [0.2, 0.25) is 0 Å². The van der Waals surface area contributed by atoms with E-state index in [0.717, 1.165) is 14.9 Å². The first kappa shape index (κ1) is 14.0. The zero-order valence-electron chi connectivity index (χ0n) is 9.04. The average molecular weight is 412 g/mol. The molecule has 2 rings (SSSR count). The van der Waals surface area contributed by atoms with Crippen molar-refractivity contribution in [2.24, 2.45) is 0 Å². The van der Waals surface area contributed by atoms with Crippen molar-refractivity contribution >= 4 is 60.8 Å². The minimum absolute atomic E-state index is 0.295. The van der Waals surface area contributed by atoms with Crippen LogP contribution in [0.2, 0.25) is 5.02 Å². The third-order valence-corrected chi connectivity index (χ3v) is 4.93. The van der Waals surface area contributed by atoms with Crippen molar-refractivity contribution in [1.82, 2.24) is 4.98 Å². The third-order valence-electron chi connectivity index (χ3n) is 2.16. The van der Waals surface area contributed by atoms with Crippen LogP contribution < -0.4 is 0 Å². The summed E-state index contributed by atoms with van der Waals surface area (Å²) in [6.07, 6.45) is 0. The summed E-state index contributed by atoms with van der Waals surface area (Å²) < 4.78 is 6.11. The summed E-state index contributed by atoms with van der Waals surface area (Å²) in [5.74, 6) is -0.460. The molecule has 1 aromatic heterocycles. The van der Waals surface area contributed by atoms with Crippen molar-refractivity contribution < 1.29 is 9.53 Å². The first-order chi connectivity index (χ1) is 8.52. The maximum absolute atomic E-state index is 11.6. The number of carbonyl (C=O) groups is 1. The van der Waals surface area contributed by atoms with E-state index in [9.17, 15) is 4.79 Å². The molecule has 0 unspecified atom stereocenters. The quantitative estimate of drug-likeness (QED) is 0.668. The normalized spacial score (nSPS) is 10.4. The minimum atomic E-state index is -0.460. The Labute approximate surface area is 129 Å². The van der Waals surface area contributed by atoms with Crippen molar-refractivity contribution in [2.75, 3.05) is 7.11 Å². The zero-order valence-corrected chi connectivity index (χ0v) is 13.8. The van der Waals surface area contributed by atoms with Gasteiger partial charge in [0.1, 0.15) is 0 Å². The Bertz CT molecular complexity index is 615. The molecule has 94 valence electrons. The van der Waals surface area contributed by atoms with Crippen LogP contribution >= 0.6 is 54.8 Å². The van der Waals surface area contributed by atoms with Gasteiger partial charge in [0.05, 0.1) is 17.0 Å². The number of halogens is 3. The van der Waals surface area contributed by atoms with Crippen molar-refractivity contribution in [1.29, 1.82) is 0 Å². The van der Waals surface area contributed by atoms with Crippen LogP contribution in [-0.2, 0) is 4.74 Å². The molecule has 0 amide bonds. The van der Waals surface area contributed by atoms with Gasteiger partial charge in [-0.1, -0.05) is 17.7 Å². The van der Waals surface area contributed by atoms with Gasteiger partial charge in [-0.3, -0.25) is 0 Å². The lowest BCUT2D eigenvalue weighted by atomic mass is 10.1. The molecule has 3 nitrogen and oxygen atoms in total. The fourth-order valence-electron chi connectivity index (χ4n) is 1.36. The van der Waals surface area contributed by atoms with Crippen LogP contribution in [0.1, 0.15) is 10.5 Å². The number of hydrogen-bond acceptors (Lipinski definition) is 4. The molecular formula is C11H6Br2ClNO2S. The lowest BCUT2D eigenvalue weighted by Gasteiger charge is -2.02. The van der Waals surface area contributed by atoms with Crippen LogP contribution in [0.25, 0.3) is 10.4 Å². The van der Waals surface area contributed by atoms with Crippen LogP contribution in [0, 0.1) is 0 Å². The van der Waals surface area contributed by atoms with E-state index < -0.39 is 5.97 Å². The molecule has 18 heavy (non-hydrogen) atoms. The molecule has 0 radical (unpaired) electrons. The van der Waals surface area contributed by atoms with E-state index in [4.69, 9.17) is 16.3 Å². The Balaban J connectivity index is 2.56. The Morgan fingerprint density at radius 1 is 1.44 bits per heavy atom. The highest BCUT2D eigenvalue weighted by Gasteiger charge is 2.19. The van der Waals surface area contributed by atoms with Crippen molar-refractivity contribution in [3.63, 3.8) is 0 Å². The molecule has 0 N–H and O–H groups in total. The van der Waals surface area contributed by atoms with Gasteiger partial charge in [0, 0.05) is 4.47 Å². The Morgan fingerprint density at radius 3 is 2.78 bits per heavy atom. The Hall–Kier alpha value is -0.430. The van der Waals surface area contributed by atoms with Crippen LogP contribution in [0.5, 0.6) is 0 Å². The molecule has 0 saturated carbocycles. The van der Waals surface area contributed by atoms with Gasteiger partial charge >= 0.3 is 5.97 Å². The molecule has 1 aromatic carbocycles. The number of aromatic nitrogens is 1. The number of ether oxygens (including phenoxy) is 1. The van der Waals surface area contributed by atoms with Gasteiger partial charge in [0.15, 0.2) is 9.61 Å². The zero-order chi connectivity index (χ0) is 13.3. The number of rotatable bonds is 2. The highest BCUT2D eigenvalue weighted by molar-refractivity contribution is 9.11. The second kappa shape index (κ2) is 5.69. The molecule has 0 spiro atoms. The standard InChI is InChI=1S/C11H6Br2ClNO2S/c1-17-10(16)8-9(18-11(13)15-8)5-2-3-7(14)6(12)4-5/h2-4H,1H3. The first-order valence-electron chi connectivity index (χ1n) is 4.73. The van der Waals surface area contributed by atoms with Gasteiger partial charge in [-0.15, -0.1) is 11.3 Å². The van der Waals surface area contributed by atoms with Crippen LogP contribution in [0.15, 0.2) is 26.6 Å². The van der Waals surface area contributed by atoms with E-state index in [2.05, 4.69) is 36.8 Å². The summed E-state index contributed by atoms with van der Waals surface area (Å²) in [6, 6.07) is 5.43. The lowest BCUT2D eigenvalue weighted by Crippen LogP contribution is -2.03. The predicted octanol–water partition coefficient (Wildman–Crippen LogP) is 4.78. The fourth-order valence-corrected chi connectivity index (χ4v) is 3.30. The SMILES string of the molecule is COC(=O)c1nc(Br)sc1-c1ccc(Cl)c(Br)c1. The highest BCUT2D eigenvalue weighted by Crippen LogP contribution is 2.36. The summed E-state index contributed by atoms with van der Waals surface area (Å²) in [4.78, 5) is 16.5. The molecule has 0 aliphatic heterocycles. The number of thiazole rings is 1. The molecule has 1 heterocycles. The van der Waals surface area contributed by atoms with Gasteiger partial charge < -0.3 is 4.74 Å². The Kier molecular flexibility index (Phi) is 4.42. The molecule has 0 fully saturated rings. The monoisotopic (exact) mass is 409 g/mol. The van der Waals surface area contributed by atoms with Gasteiger partial charge in [-0.2, -0.15) is 0 Å². The smallest absolute Gasteiger partial charge is 0.358 e. The summed E-state index contributed by atoms with van der Waals surface area (Å²) in [5.41, 5.74) is 1.15. The summed E-state index contributed by atoms with van der Waals surface area (Å²) in [7, 11) is 1.33. The van der Waals surface area contributed by atoms with E-state index in [1.54, 1.807) is 6.07 Å².